The van der Waals surface area contributed by atoms with Gasteiger partial charge in [0.25, 0.3) is 0 Å². The Morgan fingerprint density at radius 2 is 1.80 bits per heavy atom. The number of amides is 1. The minimum atomic E-state index is -1.08. The third-order valence-corrected chi connectivity index (χ3v) is 2.75. The number of likely N-dealkylation sites (tertiary alicyclic amines) is 1. The Balaban J connectivity index is 2.30. The van der Waals surface area contributed by atoms with Crippen molar-refractivity contribution in [3.63, 3.8) is 0 Å². The van der Waals surface area contributed by atoms with Crippen LogP contribution in [0.5, 0.6) is 0 Å². The third-order valence-electron chi connectivity index (χ3n) is 2.75. The number of carbonyl (C=O) groups excluding carboxylic acids is 2. The number of aliphatic carboxylic acids is 1. The van der Waals surface area contributed by atoms with Crippen LogP contribution in [0.25, 0.3) is 0 Å². The molecule has 4 heteroatoms. The fourth-order valence-corrected chi connectivity index (χ4v) is 1.93. The van der Waals surface area contributed by atoms with E-state index in [9.17, 15) is 14.7 Å². The van der Waals surface area contributed by atoms with Gasteiger partial charge in [-0.3, -0.25) is 4.79 Å². The fraction of sp³-hybridized carbons (Fsp3) is 0.818. The Kier molecular flexibility index (Phi) is 4.59. The lowest BCUT2D eigenvalue weighted by Gasteiger charge is -2.27. The summed E-state index contributed by atoms with van der Waals surface area (Å²) in [6.45, 7) is 3.44. The summed E-state index contributed by atoms with van der Waals surface area (Å²) in [5.41, 5.74) is 0. The van der Waals surface area contributed by atoms with Gasteiger partial charge in [-0.2, -0.15) is 0 Å². The molecule has 0 spiro atoms. The van der Waals surface area contributed by atoms with E-state index in [4.69, 9.17) is 0 Å². The molecule has 4 nitrogen and oxygen atoms in total. The minimum absolute atomic E-state index is 0.0282. The van der Waals surface area contributed by atoms with Gasteiger partial charge in [0.15, 0.2) is 0 Å². The highest BCUT2D eigenvalue weighted by molar-refractivity contribution is 5.77. The smallest absolute Gasteiger partial charge is 0.222 e. The number of rotatable bonds is 4. The molecular weight excluding hydrogens is 194 g/mol. The summed E-state index contributed by atoms with van der Waals surface area (Å²) in [7, 11) is 0. The van der Waals surface area contributed by atoms with Crippen molar-refractivity contribution < 1.29 is 14.7 Å². The van der Waals surface area contributed by atoms with Crippen molar-refractivity contribution in [2.75, 3.05) is 13.1 Å². The van der Waals surface area contributed by atoms with Gasteiger partial charge in [-0.1, -0.05) is 6.92 Å². The number of carboxylic acid groups (broad SMARTS) is 1. The standard InChI is InChI=1S/C11H19NO3/c1-9(8-11(14)15)7-10(13)12-5-3-2-4-6-12/h9H,2-8H2,1H3,(H,14,15)/p-1/t9-/m0/s1. The quantitative estimate of drug-likeness (QED) is 0.667. The first-order chi connectivity index (χ1) is 7.09. The van der Waals surface area contributed by atoms with Gasteiger partial charge in [-0.15, -0.1) is 0 Å². The summed E-state index contributed by atoms with van der Waals surface area (Å²) in [6.07, 6.45) is 3.63. The average Bonchev–Trinajstić information content (AvgIpc) is 2.17. The molecule has 0 bridgehead atoms. The van der Waals surface area contributed by atoms with Crippen LogP contribution in [0.4, 0.5) is 0 Å². The Morgan fingerprint density at radius 1 is 1.20 bits per heavy atom. The summed E-state index contributed by atoms with van der Waals surface area (Å²) in [5.74, 6) is -1.11. The Morgan fingerprint density at radius 3 is 2.33 bits per heavy atom. The summed E-state index contributed by atoms with van der Waals surface area (Å²) in [5, 5.41) is 10.3. The third kappa shape index (κ3) is 4.32. The summed E-state index contributed by atoms with van der Waals surface area (Å²) in [4.78, 5) is 23.9. The topological polar surface area (TPSA) is 60.4 Å². The predicted octanol–water partition coefficient (Wildman–Crippen LogP) is 0.165. The maximum atomic E-state index is 11.7. The molecule has 1 rings (SSSR count). The second-order valence-electron chi connectivity index (χ2n) is 4.33. The van der Waals surface area contributed by atoms with Gasteiger partial charge in [0.05, 0.1) is 0 Å². The van der Waals surface area contributed by atoms with Crippen LogP contribution in [0.3, 0.4) is 0 Å². The summed E-state index contributed by atoms with van der Waals surface area (Å²) in [6, 6.07) is 0. The molecule has 1 fully saturated rings. The van der Waals surface area contributed by atoms with Crippen molar-refractivity contribution in [1.29, 1.82) is 0 Å². The number of carboxylic acids is 1. The highest BCUT2D eigenvalue weighted by Crippen LogP contribution is 2.14. The first-order valence-electron chi connectivity index (χ1n) is 5.57. The van der Waals surface area contributed by atoms with Gasteiger partial charge >= 0.3 is 0 Å². The zero-order valence-corrected chi connectivity index (χ0v) is 9.20. The maximum Gasteiger partial charge on any atom is 0.222 e. The zero-order valence-electron chi connectivity index (χ0n) is 9.20. The zero-order chi connectivity index (χ0) is 11.3. The SMILES string of the molecule is C[C@H](CC(=O)[O-])CC(=O)N1CCCCC1. The normalized spacial score (nSPS) is 18.6. The molecule has 0 aromatic carbocycles. The molecule has 15 heavy (non-hydrogen) atoms. The molecule has 1 saturated heterocycles. The molecule has 1 amide bonds. The monoisotopic (exact) mass is 212 g/mol. The minimum Gasteiger partial charge on any atom is -0.550 e. The van der Waals surface area contributed by atoms with Crippen molar-refractivity contribution in [2.45, 2.75) is 39.0 Å². The molecule has 1 aliphatic rings. The van der Waals surface area contributed by atoms with Crippen LogP contribution >= 0.6 is 0 Å². The molecule has 0 N–H and O–H groups in total. The van der Waals surface area contributed by atoms with Crippen LogP contribution in [0.15, 0.2) is 0 Å². The number of hydrogen-bond donors (Lipinski definition) is 0. The lowest BCUT2D eigenvalue weighted by Crippen LogP contribution is -2.37. The first kappa shape index (κ1) is 12.0. The predicted molar refractivity (Wildman–Crippen MR) is 53.8 cm³/mol. The van der Waals surface area contributed by atoms with E-state index in [0.29, 0.717) is 6.42 Å². The first-order valence-corrected chi connectivity index (χ1v) is 5.57. The molecule has 0 aromatic heterocycles. The lowest BCUT2D eigenvalue weighted by atomic mass is 10.0. The second-order valence-corrected chi connectivity index (χ2v) is 4.33. The highest BCUT2D eigenvalue weighted by atomic mass is 16.4. The van der Waals surface area contributed by atoms with E-state index in [2.05, 4.69) is 0 Å². The van der Waals surface area contributed by atoms with Crippen LogP contribution < -0.4 is 5.11 Å². The fourth-order valence-electron chi connectivity index (χ4n) is 1.93. The highest BCUT2D eigenvalue weighted by Gasteiger charge is 2.18. The van der Waals surface area contributed by atoms with Crippen molar-refractivity contribution >= 4 is 11.9 Å². The van der Waals surface area contributed by atoms with Crippen molar-refractivity contribution in [3.8, 4) is 0 Å². The summed E-state index contributed by atoms with van der Waals surface area (Å²) >= 11 is 0. The van der Waals surface area contributed by atoms with Crippen molar-refractivity contribution in [3.05, 3.63) is 0 Å². The Bertz CT molecular complexity index is 234. The van der Waals surface area contributed by atoms with E-state index in [-0.39, 0.29) is 18.2 Å². The number of nitrogens with zero attached hydrogens (tertiary/aromatic N) is 1. The van der Waals surface area contributed by atoms with Crippen LogP contribution in [-0.4, -0.2) is 29.9 Å². The van der Waals surface area contributed by atoms with E-state index in [1.807, 2.05) is 4.90 Å². The summed E-state index contributed by atoms with van der Waals surface area (Å²) < 4.78 is 0. The van der Waals surface area contributed by atoms with Gasteiger partial charge in [0.1, 0.15) is 0 Å². The molecule has 0 saturated carbocycles. The van der Waals surface area contributed by atoms with Gasteiger partial charge in [0.2, 0.25) is 5.91 Å². The van der Waals surface area contributed by atoms with E-state index < -0.39 is 5.97 Å². The molecule has 1 aliphatic heterocycles. The van der Waals surface area contributed by atoms with Crippen molar-refractivity contribution in [1.82, 2.24) is 4.90 Å². The van der Waals surface area contributed by atoms with Crippen molar-refractivity contribution in [2.24, 2.45) is 5.92 Å². The molecule has 86 valence electrons. The van der Waals surface area contributed by atoms with Crippen LogP contribution in [0.2, 0.25) is 0 Å². The molecule has 0 aliphatic carbocycles. The van der Waals surface area contributed by atoms with E-state index in [0.717, 1.165) is 25.9 Å². The second kappa shape index (κ2) is 5.73. The van der Waals surface area contributed by atoms with Gasteiger partial charge in [0, 0.05) is 25.5 Å². The van der Waals surface area contributed by atoms with E-state index in [1.165, 1.54) is 6.42 Å². The number of carbonyl (C=O) groups is 2. The largest absolute Gasteiger partial charge is 0.550 e. The van der Waals surface area contributed by atoms with Crippen LogP contribution in [-0.2, 0) is 9.59 Å². The molecule has 1 heterocycles. The molecular formula is C11H18NO3-. The molecule has 0 unspecified atom stereocenters. The van der Waals surface area contributed by atoms with E-state index >= 15 is 0 Å². The van der Waals surface area contributed by atoms with Gasteiger partial charge in [-0.05, 0) is 31.6 Å². The van der Waals surface area contributed by atoms with Crippen LogP contribution in [0, 0.1) is 5.92 Å². The van der Waals surface area contributed by atoms with Gasteiger partial charge in [-0.25, -0.2) is 0 Å². The number of hydrogen-bond acceptors (Lipinski definition) is 3. The molecule has 0 radical (unpaired) electrons. The molecule has 1 atom stereocenters. The average molecular weight is 212 g/mol. The Labute approximate surface area is 90.3 Å². The molecule has 0 aromatic rings. The van der Waals surface area contributed by atoms with Gasteiger partial charge < -0.3 is 14.8 Å². The maximum absolute atomic E-state index is 11.7. The number of piperidine rings is 1. The lowest BCUT2D eigenvalue weighted by molar-refractivity contribution is -0.306. The van der Waals surface area contributed by atoms with E-state index in [1.54, 1.807) is 6.92 Å². The van der Waals surface area contributed by atoms with Crippen LogP contribution in [0.1, 0.15) is 39.0 Å². The Hall–Kier alpha value is -1.06.